The molecule has 2 aromatic rings. The monoisotopic (exact) mass is 455 g/mol. The second-order valence-corrected chi connectivity index (χ2v) is 11.0. The van der Waals surface area contributed by atoms with Crippen LogP contribution in [0.5, 0.6) is 0 Å². The largest absolute Gasteiger partial charge is 0.243 e. The molecule has 26 heavy (non-hydrogen) atoms. The van der Waals surface area contributed by atoms with Crippen LogP contribution in [0.25, 0.3) is 0 Å². The quantitative estimate of drug-likeness (QED) is 0.679. The first kappa shape index (κ1) is 18.5. The third kappa shape index (κ3) is 3.74. The van der Waals surface area contributed by atoms with Crippen molar-refractivity contribution in [1.82, 2.24) is 14.5 Å². The Kier molecular flexibility index (Phi) is 5.46. The summed E-state index contributed by atoms with van der Waals surface area (Å²) in [5.74, 6) is 0.717. The zero-order valence-corrected chi connectivity index (χ0v) is 17.7. The fourth-order valence-corrected chi connectivity index (χ4v) is 6.79. The maximum atomic E-state index is 13.0. The van der Waals surface area contributed by atoms with E-state index in [-0.39, 0.29) is 5.92 Å². The van der Waals surface area contributed by atoms with Crippen molar-refractivity contribution in [2.45, 2.75) is 55.3 Å². The molecular weight excluding hydrogens is 434 g/mol. The molecule has 5 nitrogen and oxygen atoms in total. The van der Waals surface area contributed by atoms with Gasteiger partial charge in [0.15, 0.2) is 0 Å². The summed E-state index contributed by atoms with van der Waals surface area (Å²) < 4.78 is 28.4. The molecule has 4 rings (SSSR count). The van der Waals surface area contributed by atoms with Gasteiger partial charge in [-0.2, -0.15) is 4.31 Å². The van der Waals surface area contributed by atoms with Gasteiger partial charge in [0, 0.05) is 29.4 Å². The minimum atomic E-state index is -3.46. The van der Waals surface area contributed by atoms with Crippen LogP contribution in [0.1, 0.15) is 60.4 Å². The summed E-state index contributed by atoms with van der Waals surface area (Å²) >= 11 is 5.05. The molecule has 0 N–H and O–H groups in total. The van der Waals surface area contributed by atoms with Crippen LogP contribution in [0.3, 0.4) is 0 Å². The fourth-order valence-electron chi connectivity index (χ4n) is 3.87. The number of aromatic nitrogens is 2. The Morgan fingerprint density at radius 2 is 1.58 bits per heavy atom. The molecule has 0 radical (unpaired) electrons. The van der Waals surface area contributed by atoms with Crippen molar-refractivity contribution in [3.8, 4) is 0 Å². The third-order valence-electron chi connectivity index (χ3n) is 5.35. The molecule has 1 aliphatic heterocycles. The van der Waals surface area contributed by atoms with Gasteiger partial charge in [-0.1, -0.05) is 28.8 Å². The lowest BCUT2D eigenvalue weighted by molar-refractivity contribution is 0.314. The average molecular weight is 456 g/mol. The number of benzene rings is 1. The summed E-state index contributed by atoms with van der Waals surface area (Å²) in [5.41, 5.74) is 0. The second kappa shape index (κ2) is 7.66. The van der Waals surface area contributed by atoms with E-state index in [1.807, 2.05) is 0 Å². The van der Waals surface area contributed by atoms with E-state index in [9.17, 15) is 8.42 Å². The van der Waals surface area contributed by atoms with E-state index in [2.05, 4.69) is 26.1 Å². The van der Waals surface area contributed by atoms with Crippen LogP contribution in [-0.2, 0) is 10.0 Å². The van der Waals surface area contributed by atoms with Crippen molar-refractivity contribution >= 4 is 37.3 Å². The standard InChI is InChI=1S/C18H22BrN3O2S2/c19-15-7-9-16(10-8-15)26(23,24)22-11-3-6-14(12-22)18-21-20-17(25-18)13-4-1-2-5-13/h7-10,13-14H,1-6,11-12H2. The predicted octanol–water partition coefficient (Wildman–Crippen LogP) is 4.53. The molecule has 2 aliphatic rings. The Hall–Kier alpha value is -0.830. The van der Waals surface area contributed by atoms with Gasteiger partial charge >= 0.3 is 0 Å². The normalized spacial score (nSPS) is 22.7. The summed E-state index contributed by atoms with van der Waals surface area (Å²) in [7, 11) is -3.46. The van der Waals surface area contributed by atoms with Crippen molar-refractivity contribution in [3.63, 3.8) is 0 Å². The maximum Gasteiger partial charge on any atom is 0.243 e. The van der Waals surface area contributed by atoms with Crippen LogP contribution in [0.2, 0.25) is 0 Å². The first-order valence-electron chi connectivity index (χ1n) is 9.13. The number of hydrogen-bond acceptors (Lipinski definition) is 5. The van der Waals surface area contributed by atoms with Gasteiger partial charge in [0.1, 0.15) is 10.0 Å². The fraction of sp³-hybridized carbons (Fsp3) is 0.556. The molecular formula is C18H22BrN3O2S2. The second-order valence-electron chi connectivity index (χ2n) is 7.12. The van der Waals surface area contributed by atoms with Crippen LogP contribution in [0.15, 0.2) is 33.6 Å². The Morgan fingerprint density at radius 1 is 0.962 bits per heavy atom. The Labute approximate surface area is 167 Å². The van der Waals surface area contributed by atoms with Gasteiger partial charge in [-0.25, -0.2) is 8.42 Å². The van der Waals surface area contributed by atoms with Gasteiger partial charge in [-0.05, 0) is 49.9 Å². The number of nitrogens with zero attached hydrogens (tertiary/aromatic N) is 3. The molecule has 1 aromatic heterocycles. The van der Waals surface area contributed by atoms with Crippen LogP contribution in [0, 0.1) is 0 Å². The smallest absolute Gasteiger partial charge is 0.207 e. The summed E-state index contributed by atoms with van der Waals surface area (Å²) in [5, 5.41) is 11.0. The molecule has 0 spiro atoms. The zero-order valence-electron chi connectivity index (χ0n) is 14.5. The maximum absolute atomic E-state index is 13.0. The molecule has 2 fully saturated rings. The highest BCUT2D eigenvalue weighted by atomic mass is 79.9. The molecule has 8 heteroatoms. The lowest BCUT2D eigenvalue weighted by Gasteiger charge is -2.30. The molecule has 140 valence electrons. The van der Waals surface area contributed by atoms with Crippen molar-refractivity contribution in [1.29, 1.82) is 0 Å². The molecule has 0 bridgehead atoms. The summed E-state index contributed by atoms with van der Waals surface area (Å²) in [4.78, 5) is 0.352. The van der Waals surface area contributed by atoms with Crippen molar-refractivity contribution in [2.75, 3.05) is 13.1 Å². The highest BCUT2D eigenvalue weighted by Crippen LogP contribution is 2.38. The summed E-state index contributed by atoms with van der Waals surface area (Å²) in [6.07, 6.45) is 6.82. The number of piperidine rings is 1. The van der Waals surface area contributed by atoms with E-state index < -0.39 is 10.0 Å². The van der Waals surface area contributed by atoms with Gasteiger partial charge in [-0.15, -0.1) is 21.5 Å². The van der Waals surface area contributed by atoms with E-state index in [0.29, 0.717) is 23.9 Å². The minimum Gasteiger partial charge on any atom is -0.207 e. The predicted molar refractivity (Wildman–Crippen MR) is 106 cm³/mol. The van der Waals surface area contributed by atoms with E-state index in [4.69, 9.17) is 0 Å². The van der Waals surface area contributed by atoms with Crippen LogP contribution >= 0.6 is 27.3 Å². The summed E-state index contributed by atoms with van der Waals surface area (Å²) in [6.45, 7) is 1.07. The molecule has 1 aromatic carbocycles. The molecule has 0 amide bonds. The molecule has 1 atom stereocenters. The van der Waals surface area contributed by atoms with Gasteiger partial charge in [-0.3, -0.25) is 0 Å². The molecule has 1 saturated heterocycles. The van der Waals surface area contributed by atoms with Crippen molar-refractivity contribution in [3.05, 3.63) is 38.8 Å². The Bertz CT molecular complexity index is 861. The third-order valence-corrected chi connectivity index (χ3v) is 9.00. The van der Waals surface area contributed by atoms with Gasteiger partial charge in [0.25, 0.3) is 0 Å². The molecule has 1 aliphatic carbocycles. The lowest BCUT2D eigenvalue weighted by Crippen LogP contribution is -2.39. The highest BCUT2D eigenvalue weighted by molar-refractivity contribution is 9.10. The van der Waals surface area contributed by atoms with E-state index in [0.717, 1.165) is 27.3 Å². The molecule has 1 unspecified atom stereocenters. The van der Waals surface area contributed by atoms with Crippen LogP contribution < -0.4 is 0 Å². The number of sulfonamides is 1. The van der Waals surface area contributed by atoms with Crippen LogP contribution in [-0.4, -0.2) is 36.0 Å². The molecule has 1 saturated carbocycles. The minimum absolute atomic E-state index is 0.154. The summed E-state index contributed by atoms with van der Waals surface area (Å²) in [6, 6.07) is 6.86. The number of rotatable bonds is 4. The highest BCUT2D eigenvalue weighted by Gasteiger charge is 2.33. The number of hydrogen-bond donors (Lipinski definition) is 0. The first-order valence-corrected chi connectivity index (χ1v) is 12.2. The van der Waals surface area contributed by atoms with Gasteiger partial charge in [0.05, 0.1) is 4.90 Å². The number of halogens is 1. The van der Waals surface area contributed by atoms with Crippen molar-refractivity contribution in [2.24, 2.45) is 0 Å². The van der Waals surface area contributed by atoms with E-state index in [1.165, 1.54) is 25.7 Å². The zero-order chi connectivity index (χ0) is 18.1. The van der Waals surface area contributed by atoms with Crippen LogP contribution in [0.4, 0.5) is 0 Å². The van der Waals surface area contributed by atoms with Crippen molar-refractivity contribution < 1.29 is 8.42 Å². The SMILES string of the molecule is O=S(=O)(c1ccc(Br)cc1)N1CCCC(c2nnc(C3CCCC3)s2)C1. The van der Waals surface area contributed by atoms with Gasteiger partial charge < -0.3 is 0 Å². The topological polar surface area (TPSA) is 63.2 Å². The lowest BCUT2D eigenvalue weighted by atomic mass is 10.0. The first-order chi connectivity index (χ1) is 12.5. The van der Waals surface area contributed by atoms with E-state index in [1.54, 1.807) is 39.9 Å². The Morgan fingerprint density at radius 3 is 2.27 bits per heavy atom. The Balaban J connectivity index is 1.51. The van der Waals surface area contributed by atoms with E-state index >= 15 is 0 Å². The molecule has 2 heterocycles. The average Bonchev–Trinajstić information content (AvgIpc) is 3.34. The van der Waals surface area contributed by atoms with Gasteiger partial charge in [0.2, 0.25) is 10.0 Å².